The molecule has 0 aromatic heterocycles. The highest BCUT2D eigenvalue weighted by Crippen LogP contribution is 2.21. The summed E-state index contributed by atoms with van der Waals surface area (Å²) in [6, 6.07) is 5.09. The summed E-state index contributed by atoms with van der Waals surface area (Å²) in [5.41, 5.74) is 1.27. The number of rotatable bonds is 1. The SMILES string of the molecule is Cc1c(O)cccc1C(=O)N1CCCNCC1. The van der Waals surface area contributed by atoms with Crippen molar-refractivity contribution in [3.05, 3.63) is 29.3 Å². The Morgan fingerprint density at radius 1 is 1.35 bits per heavy atom. The van der Waals surface area contributed by atoms with Crippen LogP contribution in [0.5, 0.6) is 5.75 Å². The van der Waals surface area contributed by atoms with Crippen molar-refractivity contribution in [1.29, 1.82) is 0 Å². The topological polar surface area (TPSA) is 52.6 Å². The Morgan fingerprint density at radius 3 is 3.00 bits per heavy atom. The van der Waals surface area contributed by atoms with E-state index >= 15 is 0 Å². The van der Waals surface area contributed by atoms with Crippen LogP contribution in [0.4, 0.5) is 0 Å². The lowest BCUT2D eigenvalue weighted by Crippen LogP contribution is -2.34. The maximum atomic E-state index is 12.3. The molecule has 0 radical (unpaired) electrons. The van der Waals surface area contributed by atoms with Gasteiger partial charge in [-0.3, -0.25) is 4.79 Å². The Balaban J connectivity index is 2.20. The molecule has 0 atom stereocenters. The maximum Gasteiger partial charge on any atom is 0.254 e. The van der Waals surface area contributed by atoms with Crippen molar-refractivity contribution < 1.29 is 9.90 Å². The van der Waals surface area contributed by atoms with Crippen LogP contribution in [-0.4, -0.2) is 42.1 Å². The number of phenolic OH excluding ortho intramolecular Hbond substituents is 1. The summed E-state index contributed by atoms with van der Waals surface area (Å²) in [5.74, 6) is 0.200. The van der Waals surface area contributed by atoms with Gasteiger partial charge in [-0.1, -0.05) is 6.07 Å². The number of amides is 1. The van der Waals surface area contributed by atoms with Crippen molar-refractivity contribution in [1.82, 2.24) is 10.2 Å². The van der Waals surface area contributed by atoms with E-state index in [0.29, 0.717) is 11.1 Å². The molecular formula is C13H18N2O2. The van der Waals surface area contributed by atoms with Crippen LogP contribution in [-0.2, 0) is 0 Å². The molecule has 1 fully saturated rings. The lowest BCUT2D eigenvalue weighted by molar-refractivity contribution is 0.0765. The molecule has 0 unspecified atom stereocenters. The third-order valence-corrected chi connectivity index (χ3v) is 3.16. The van der Waals surface area contributed by atoms with Crippen LogP contribution in [0.15, 0.2) is 18.2 Å². The Labute approximate surface area is 101 Å². The summed E-state index contributed by atoms with van der Waals surface area (Å²) in [5, 5.41) is 12.9. The molecule has 4 nitrogen and oxygen atoms in total. The van der Waals surface area contributed by atoms with E-state index in [1.54, 1.807) is 25.1 Å². The van der Waals surface area contributed by atoms with E-state index in [9.17, 15) is 9.90 Å². The zero-order valence-electron chi connectivity index (χ0n) is 10.1. The minimum atomic E-state index is 0.0158. The molecule has 2 rings (SSSR count). The van der Waals surface area contributed by atoms with Gasteiger partial charge in [0.25, 0.3) is 5.91 Å². The fraction of sp³-hybridized carbons (Fsp3) is 0.462. The van der Waals surface area contributed by atoms with E-state index in [4.69, 9.17) is 0 Å². The van der Waals surface area contributed by atoms with Crippen molar-refractivity contribution in [3.8, 4) is 5.75 Å². The number of hydrogen-bond acceptors (Lipinski definition) is 3. The monoisotopic (exact) mass is 234 g/mol. The van der Waals surface area contributed by atoms with E-state index in [0.717, 1.165) is 32.6 Å². The van der Waals surface area contributed by atoms with Crippen LogP contribution in [0.25, 0.3) is 0 Å². The predicted molar refractivity (Wildman–Crippen MR) is 66.2 cm³/mol. The van der Waals surface area contributed by atoms with Crippen molar-refractivity contribution >= 4 is 5.91 Å². The summed E-state index contributed by atoms with van der Waals surface area (Å²) in [6.45, 7) is 5.08. The second-order valence-corrected chi connectivity index (χ2v) is 4.35. The molecular weight excluding hydrogens is 216 g/mol. The number of carbonyl (C=O) groups excluding carboxylic acids is 1. The van der Waals surface area contributed by atoms with Gasteiger partial charge >= 0.3 is 0 Å². The van der Waals surface area contributed by atoms with Gasteiger partial charge in [0.15, 0.2) is 0 Å². The highest BCUT2D eigenvalue weighted by atomic mass is 16.3. The Kier molecular flexibility index (Phi) is 3.64. The van der Waals surface area contributed by atoms with Crippen LogP contribution in [0, 0.1) is 6.92 Å². The zero-order chi connectivity index (χ0) is 12.3. The fourth-order valence-electron chi connectivity index (χ4n) is 2.07. The first kappa shape index (κ1) is 11.9. The van der Waals surface area contributed by atoms with Gasteiger partial charge in [-0.15, -0.1) is 0 Å². The Bertz CT molecular complexity index is 410. The van der Waals surface area contributed by atoms with E-state index in [1.165, 1.54) is 0 Å². The number of carbonyl (C=O) groups is 1. The molecule has 92 valence electrons. The van der Waals surface area contributed by atoms with E-state index < -0.39 is 0 Å². The fourth-order valence-corrected chi connectivity index (χ4v) is 2.07. The molecule has 2 N–H and O–H groups in total. The lowest BCUT2D eigenvalue weighted by atomic mass is 10.1. The number of benzene rings is 1. The van der Waals surface area contributed by atoms with Gasteiger partial charge < -0.3 is 15.3 Å². The van der Waals surface area contributed by atoms with Gasteiger partial charge in [0, 0.05) is 30.8 Å². The number of phenols is 1. The van der Waals surface area contributed by atoms with E-state index in [1.807, 2.05) is 4.90 Å². The predicted octanol–water partition coefficient (Wildman–Crippen LogP) is 1.14. The van der Waals surface area contributed by atoms with Crippen LogP contribution in [0.1, 0.15) is 22.3 Å². The van der Waals surface area contributed by atoms with Gasteiger partial charge in [-0.25, -0.2) is 0 Å². The summed E-state index contributed by atoms with van der Waals surface area (Å²) >= 11 is 0. The normalized spacial score (nSPS) is 16.6. The van der Waals surface area contributed by atoms with Crippen molar-refractivity contribution in [3.63, 3.8) is 0 Å². The summed E-state index contributed by atoms with van der Waals surface area (Å²) < 4.78 is 0. The van der Waals surface area contributed by atoms with Gasteiger partial charge in [-0.2, -0.15) is 0 Å². The van der Waals surface area contributed by atoms with Crippen molar-refractivity contribution in [2.24, 2.45) is 0 Å². The molecule has 1 aromatic rings. The van der Waals surface area contributed by atoms with E-state index in [2.05, 4.69) is 5.32 Å². The van der Waals surface area contributed by atoms with Crippen LogP contribution in [0.3, 0.4) is 0 Å². The molecule has 1 saturated heterocycles. The molecule has 0 aliphatic carbocycles. The van der Waals surface area contributed by atoms with Gasteiger partial charge in [0.05, 0.1) is 0 Å². The van der Waals surface area contributed by atoms with Gasteiger partial charge in [0.1, 0.15) is 5.75 Å². The summed E-state index contributed by atoms with van der Waals surface area (Å²) in [4.78, 5) is 14.2. The molecule has 17 heavy (non-hydrogen) atoms. The molecule has 1 heterocycles. The highest BCUT2D eigenvalue weighted by Gasteiger charge is 2.19. The van der Waals surface area contributed by atoms with Crippen LogP contribution >= 0.6 is 0 Å². The molecule has 1 aliphatic heterocycles. The van der Waals surface area contributed by atoms with E-state index in [-0.39, 0.29) is 11.7 Å². The first-order valence-corrected chi connectivity index (χ1v) is 5.98. The average Bonchev–Trinajstić information content (AvgIpc) is 2.60. The second kappa shape index (κ2) is 5.19. The smallest absolute Gasteiger partial charge is 0.254 e. The van der Waals surface area contributed by atoms with Crippen molar-refractivity contribution in [2.45, 2.75) is 13.3 Å². The third-order valence-electron chi connectivity index (χ3n) is 3.16. The second-order valence-electron chi connectivity index (χ2n) is 4.35. The number of hydrogen-bond donors (Lipinski definition) is 2. The molecule has 0 saturated carbocycles. The van der Waals surface area contributed by atoms with Gasteiger partial charge in [0.2, 0.25) is 0 Å². The first-order valence-electron chi connectivity index (χ1n) is 5.98. The summed E-state index contributed by atoms with van der Waals surface area (Å²) in [6.07, 6.45) is 0.976. The van der Waals surface area contributed by atoms with Gasteiger partial charge in [-0.05, 0) is 32.0 Å². The van der Waals surface area contributed by atoms with Crippen molar-refractivity contribution in [2.75, 3.05) is 26.2 Å². The highest BCUT2D eigenvalue weighted by molar-refractivity contribution is 5.96. The number of aromatic hydroxyl groups is 1. The Hall–Kier alpha value is -1.55. The number of nitrogens with one attached hydrogen (secondary N) is 1. The molecule has 4 heteroatoms. The lowest BCUT2D eigenvalue weighted by Gasteiger charge is -2.21. The minimum Gasteiger partial charge on any atom is -0.508 e. The molecule has 0 spiro atoms. The van der Waals surface area contributed by atoms with Crippen LogP contribution < -0.4 is 5.32 Å². The third kappa shape index (κ3) is 2.58. The average molecular weight is 234 g/mol. The largest absolute Gasteiger partial charge is 0.508 e. The zero-order valence-corrected chi connectivity index (χ0v) is 10.1. The number of nitrogens with zero attached hydrogens (tertiary/aromatic N) is 1. The maximum absolute atomic E-state index is 12.3. The van der Waals surface area contributed by atoms with Crippen LogP contribution in [0.2, 0.25) is 0 Å². The quantitative estimate of drug-likeness (QED) is 0.766. The first-order chi connectivity index (χ1) is 8.20. The molecule has 1 aromatic carbocycles. The standard InChI is InChI=1S/C13H18N2O2/c1-10-11(4-2-5-12(10)16)13(17)15-8-3-6-14-7-9-15/h2,4-5,14,16H,3,6-9H2,1H3. The molecule has 1 aliphatic rings. The molecule has 0 bridgehead atoms. The summed E-state index contributed by atoms with van der Waals surface area (Å²) in [7, 11) is 0. The molecule has 1 amide bonds. The minimum absolute atomic E-state index is 0.0158. The Morgan fingerprint density at radius 2 is 2.18 bits per heavy atom.